The van der Waals surface area contributed by atoms with Crippen molar-refractivity contribution >= 4 is 12.0 Å². The van der Waals surface area contributed by atoms with Gasteiger partial charge in [0.1, 0.15) is 12.1 Å². The molecule has 0 radical (unpaired) electrons. The van der Waals surface area contributed by atoms with Gasteiger partial charge in [-0.25, -0.2) is 9.59 Å². The van der Waals surface area contributed by atoms with Crippen molar-refractivity contribution in [1.29, 1.82) is 0 Å². The van der Waals surface area contributed by atoms with Crippen molar-refractivity contribution < 1.29 is 14.3 Å². The van der Waals surface area contributed by atoms with Crippen molar-refractivity contribution in [2.24, 2.45) is 0 Å². The second-order valence-electron chi connectivity index (χ2n) is 7.87. The van der Waals surface area contributed by atoms with Gasteiger partial charge in [-0.2, -0.15) is 0 Å². The fourth-order valence-corrected chi connectivity index (χ4v) is 4.01. The van der Waals surface area contributed by atoms with Crippen molar-refractivity contribution in [1.82, 2.24) is 10.2 Å². The molecule has 2 aromatic carbocycles. The molecule has 0 aromatic heterocycles. The van der Waals surface area contributed by atoms with Gasteiger partial charge >= 0.3 is 12.0 Å². The van der Waals surface area contributed by atoms with Gasteiger partial charge in [-0.05, 0) is 56.1 Å². The van der Waals surface area contributed by atoms with Gasteiger partial charge in [0.15, 0.2) is 0 Å². The zero-order chi connectivity index (χ0) is 21.2. The third kappa shape index (κ3) is 6.34. The van der Waals surface area contributed by atoms with E-state index < -0.39 is 6.04 Å². The fourth-order valence-electron chi connectivity index (χ4n) is 4.01. The number of nitrogens with zero attached hydrogens (tertiary/aromatic N) is 1. The Morgan fingerprint density at radius 2 is 1.53 bits per heavy atom. The minimum atomic E-state index is -0.491. The third-order valence-corrected chi connectivity index (χ3v) is 5.73. The molecule has 1 aliphatic heterocycles. The molecule has 0 spiro atoms. The maximum absolute atomic E-state index is 13.0. The highest BCUT2D eigenvalue weighted by Crippen LogP contribution is 2.21. The highest BCUT2D eigenvalue weighted by Gasteiger charge is 2.34. The van der Waals surface area contributed by atoms with E-state index in [1.54, 1.807) is 11.9 Å². The molecule has 1 unspecified atom stereocenters. The molecule has 5 nitrogen and oxygen atoms in total. The van der Waals surface area contributed by atoms with Crippen LogP contribution in [0.1, 0.15) is 43.2 Å². The zero-order valence-corrected chi connectivity index (χ0v) is 17.8. The van der Waals surface area contributed by atoms with Crippen LogP contribution < -0.4 is 5.32 Å². The summed E-state index contributed by atoms with van der Waals surface area (Å²) in [4.78, 5) is 26.8. The lowest BCUT2D eigenvalue weighted by molar-refractivity contribution is -0.156. The van der Waals surface area contributed by atoms with E-state index in [1.807, 2.05) is 36.4 Å². The summed E-state index contributed by atoms with van der Waals surface area (Å²) in [7, 11) is 1.60. The van der Waals surface area contributed by atoms with Gasteiger partial charge in [0, 0.05) is 13.6 Å². The summed E-state index contributed by atoms with van der Waals surface area (Å²) in [5, 5.41) is 2.65. The van der Waals surface area contributed by atoms with Crippen LogP contribution in [0.3, 0.4) is 0 Å². The molecular weight excluding hydrogens is 376 g/mol. The quantitative estimate of drug-likeness (QED) is 0.661. The molecule has 0 aliphatic carbocycles. The predicted octanol–water partition coefficient (Wildman–Crippen LogP) is 4.36. The molecule has 1 saturated heterocycles. The molecule has 1 heterocycles. The number of carbonyl (C=O) groups excluding carboxylic acids is 2. The van der Waals surface area contributed by atoms with Gasteiger partial charge in [-0.15, -0.1) is 0 Å². The SMILES string of the molecule is CNC(=O)N1CCCCC1C(=O)OC(CCc1ccccc1)CCc1ccccc1. The summed E-state index contributed by atoms with van der Waals surface area (Å²) < 4.78 is 6.00. The Bertz CT molecular complexity index is 751. The van der Waals surface area contributed by atoms with E-state index in [9.17, 15) is 9.59 Å². The predicted molar refractivity (Wildman–Crippen MR) is 118 cm³/mol. The molecule has 0 bridgehead atoms. The number of carbonyl (C=O) groups is 2. The normalized spacial score (nSPS) is 16.3. The van der Waals surface area contributed by atoms with Crippen LogP contribution in [0, 0.1) is 0 Å². The van der Waals surface area contributed by atoms with Gasteiger partial charge in [-0.1, -0.05) is 60.7 Å². The van der Waals surface area contributed by atoms with E-state index in [4.69, 9.17) is 4.74 Å². The number of aryl methyl sites for hydroxylation is 2. The summed E-state index contributed by atoms with van der Waals surface area (Å²) >= 11 is 0. The minimum absolute atomic E-state index is 0.175. The number of rotatable bonds is 8. The first-order valence-corrected chi connectivity index (χ1v) is 10.9. The number of hydrogen-bond donors (Lipinski definition) is 1. The second kappa shape index (κ2) is 11.4. The van der Waals surface area contributed by atoms with E-state index >= 15 is 0 Å². The molecule has 1 N–H and O–H groups in total. The Hall–Kier alpha value is -2.82. The Kier molecular flexibility index (Phi) is 8.30. The Morgan fingerprint density at radius 3 is 2.07 bits per heavy atom. The maximum atomic E-state index is 13.0. The molecule has 30 heavy (non-hydrogen) atoms. The van der Waals surface area contributed by atoms with E-state index in [-0.39, 0.29) is 18.1 Å². The van der Waals surface area contributed by atoms with Gasteiger partial charge in [-0.3, -0.25) is 0 Å². The number of hydrogen-bond acceptors (Lipinski definition) is 3. The third-order valence-electron chi connectivity index (χ3n) is 5.73. The molecule has 160 valence electrons. The lowest BCUT2D eigenvalue weighted by Gasteiger charge is -2.34. The van der Waals surface area contributed by atoms with E-state index in [0.717, 1.165) is 38.5 Å². The first-order valence-electron chi connectivity index (χ1n) is 10.9. The average Bonchev–Trinajstić information content (AvgIpc) is 2.81. The largest absolute Gasteiger partial charge is 0.461 e. The van der Waals surface area contributed by atoms with Crippen molar-refractivity contribution in [2.45, 2.75) is 57.1 Å². The highest BCUT2D eigenvalue weighted by atomic mass is 16.5. The smallest absolute Gasteiger partial charge is 0.329 e. The van der Waals surface area contributed by atoms with E-state index in [1.165, 1.54) is 11.1 Å². The lowest BCUT2D eigenvalue weighted by Crippen LogP contribution is -2.52. The average molecular weight is 409 g/mol. The number of esters is 1. The lowest BCUT2D eigenvalue weighted by atomic mass is 10.00. The highest BCUT2D eigenvalue weighted by molar-refractivity contribution is 5.83. The minimum Gasteiger partial charge on any atom is -0.461 e. The molecule has 2 amide bonds. The maximum Gasteiger partial charge on any atom is 0.329 e. The molecule has 3 rings (SSSR count). The van der Waals surface area contributed by atoms with Crippen LogP contribution in [0.5, 0.6) is 0 Å². The van der Waals surface area contributed by atoms with Gasteiger partial charge in [0.25, 0.3) is 0 Å². The topological polar surface area (TPSA) is 58.6 Å². The molecule has 2 aromatic rings. The summed E-state index contributed by atoms with van der Waals surface area (Å²) in [6.45, 7) is 0.595. The summed E-state index contributed by atoms with van der Waals surface area (Å²) in [6, 6.07) is 19.8. The van der Waals surface area contributed by atoms with Crippen LogP contribution in [0.25, 0.3) is 0 Å². The van der Waals surface area contributed by atoms with Crippen LogP contribution in [-0.2, 0) is 22.4 Å². The number of nitrogens with one attached hydrogen (secondary N) is 1. The molecule has 1 atom stereocenters. The Balaban J connectivity index is 1.64. The van der Waals surface area contributed by atoms with Crippen molar-refractivity contribution in [3.05, 3.63) is 71.8 Å². The molecule has 0 saturated carbocycles. The number of amides is 2. The zero-order valence-electron chi connectivity index (χ0n) is 17.8. The second-order valence-corrected chi connectivity index (χ2v) is 7.87. The first kappa shape index (κ1) is 21.9. The van der Waals surface area contributed by atoms with Crippen LogP contribution >= 0.6 is 0 Å². The van der Waals surface area contributed by atoms with Crippen molar-refractivity contribution in [2.75, 3.05) is 13.6 Å². The van der Waals surface area contributed by atoms with Gasteiger partial charge < -0.3 is 15.0 Å². The van der Waals surface area contributed by atoms with E-state index in [0.29, 0.717) is 13.0 Å². The summed E-state index contributed by atoms with van der Waals surface area (Å²) in [5.41, 5.74) is 2.48. The van der Waals surface area contributed by atoms with Crippen LogP contribution in [0.4, 0.5) is 4.79 Å². The van der Waals surface area contributed by atoms with E-state index in [2.05, 4.69) is 29.6 Å². The number of likely N-dealkylation sites (tertiary alicyclic amines) is 1. The summed E-state index contributed by atoms with van der Waals surface area (Å²) in [5.74, 6) is -0.274. The first-order chi connectivity index (χ1) is 14.7. The number of benzene rings is 2. The monoisotopic (exact) mass is 408 g/mol. The standard InChI is InChI=1S/C25H32N2O3/c1-26-25(29)27-19-9-8-14-23(27)24(28)30-22(17-15-20-10-4-2-5-11-20)18-16-21-12-6-3-7-13-21/h2-7,10-13,22-23H,8-9,14-19H2,1H3,(H,26,29). The van der Waals surface area contributed by atoms with Gasteiger partial charge in [0.05, 0.1) is 0 Å². The van der Waals surface area contributed by atoms with Crippen LogP contribution in [-0.4, -0.2) is 42.6 Å². The van der Waals surface area contributed by atoms with Gasteiger partial charge in [0.2, 0.25) is 0 Å². The Morgan fingerprint density at radius 1 is 0.967 bits per heavy atom. The molecule has 1 aliphatic rings. The Labute approximate surface area is 179 Å². The van der Waals surface area contributed by atoms with Crippen LogP contribution in [0.15, 0.2) is 60.7 Å². The van der Waals surface area contributed by atoms with Crippen LogP contribution in [0.2, 0.25) is 0 Å². The number of ether oxygens (including phenoxy) is 1. The van der Waals surface area contributed by atoms with Crippen molar-refractivity contribution in [3.63, 3.8) is 0 Å². The number of urea groups is 1. The fraction of sp³-hybridized carbons (Fsp3) is 0.440. The number of piperidine rings is 1. The summed E-state index contributed by atoms with van der Waals surface area (Å²) in [6.07, 6.45) is 5.61. The molecular formula is C25H32N2O3. The van der Waals surface area contributed by atoms with Crippen molar-refractivity contribution in [3.8, 4) is 0 Å². The molecule has 1 fully saturated rings. The molecule has 5 heteroatoms.